The molecule has 2 aromatic carbocycles. The van der Waals surface area contributed by atoms with Gasteiger partial charge >= 0.3 is 0 Å². The van der Waals surface area contributed by atoms with Gasteiger partial charge in [-0.05, 0) is 43.5 Å². The highest BCUT2D eigenvalue weighted by Gasteiger charge is 2.37. The molecule has 3 heterocycles. The highest BCUT2D eigenvalue weighted by molar-refractivity contribution is 6.31. The summed E-state index contributed by atoms with van der Waals surface area (Å²) in [5, 5.41) is 12.8. The molecule has 5 rings (SSSR count). The van der Waals surface area contributed by atoms with E-state index in [-0.39, 0.29) is 22.9 Å². The molecule has 174 valence electrons. The average Bonchev–Trinajstić information content (AvgIpc) is 3.61. The molecule has 1 aliphatic rings. The van der Waals surface area contributed by atoms with Crippen molar-refractivity contribution in [2.24, 2.45) is 0 Å². The molecular weight excluding hydrogens is 463 g/mol. The van der Waals surface area contributed by atoms with Gasteiger partial charge in [-0.1, -0.05) is 28.9 Å². The molecule has 1 amide bonds. The Hall–Kier alpha value is -3.79. The van der Waals surface area contributed by atoms with Crippen molar-refractivity contribution in [3.8, 4) is 22.8 Å². The topological polar surface area (TPSA) is 99.2 Å². The van der Waals surface area contributed by atoms with Gasteiger partial charge < -0.3 is 14.2 Å². The van der Waals surface area contributed by atoms with Crippen molar-refractivity contribution in [2.75, 3.05) is 13.7 Å². The first-order valence-corrected chi connectivity index (χ1v) is 11.0. The zero-order chi connectivity index (χ0) is 23.8. The molecule has 2 aromatic heterocycles. The van der Waals surface area contributed by atoms with Crippen molar-refractivity contribution < 1.29 is 18.4 Å². The zero-order valence-electron chi connectivity index (χ0n) is 18.4. The van der Waals surface area contributed by atoms with Gasteiger partial charge in [-0.15, -0.1) is 0 Å². The van der Waals surface area contributed by atoms with E-state index in [0.717, 1.165) is 11.1 Å². The predicted octanol–water partition coefficient (Wildman–Crippen LogP) is 4.40. The molecule has 11 heteroatoms. The van der Waals surface area contributed by atoms with Crippen LogP contribution in [0.15, 0.2) is 47.2 Å². The number of amides is 1. The summed E-state index contributed by atoms with van der Waals surface area (Å²) in [6.45, 7) is 2.27. The maximum Gasteiger partial charge on any atom is 0.259 e. The van der Waals surface area contributed by atoms with Crippen LogP contribution in [-0.2, 0) is 0 Å². The Kier molecular flexibility index (Phi) is 5.74. The largest absolute Gasteiger partial charge is 0.494 e. The Balaban J connectivity index is 1.52. The third-order valence-electron chi connectivity index (χ3n) is 5.90. The van der Waals surface area contributed by atoms with Crippen LogP contribution in [0.3, 0.4) is 0 Å². The van der Waals surface area contributed by atoms with Crippen LogP contribution < -0.4 is 4.74 Å². The number of likely N-dealkylation sites (tertiary alicyclic amines) is 1. The van der Waals surface area contributed by atoms with Crippen LogP contribution >= 0.6 is 11.6 Å². The fourth-order valence-corrected chi connectivity index (χ4v) is 4.33. The van der Waals surface area contributed by atoms with Gasteiger partial charge in [0.05, 0.1) is 19.5 Å². The van der Waals surface area contributed by atoms with Gasteiger partial charge in [0.2, 0.25) is 11.7 Å². The molecule has 34 heavy (non-hydrogen) atoms. The lowest BCUT2D eigenvalue weighted by atomic mass is 10.1. The number of rotatable bonds is 5. The number of nitrogens with zero attached hydrogens (tertiary/aromatic N) is 6. The van der Waals surface area contributed by atoms with Crippen molar-refractivity contribution in [1.29, 1.82) is 0 Å². The summed E-state index contributed by atoms with van der Waals surface area (Å²) < 4.78 is 26.0. The number of carbonyl (C=O) groups excluding carboxylic acids is 1. The van der Waals surface area contributed by atoms with Gasteiger partial charge in [-0.2, -0.15) is 20.0 Å². The van der Waals surface area contributed by atoms with Crippen molar-refractivity contribution in [3.63, 3.8) is 0 Å². The standard InChI is InChI=1S/C23H20ClFN6O3/c1-13-14(5-3-6-15(13)24)21-28-22(34-29-21)17-7-4-12-30(17)23(32)19-16(31-26-10-11-27-31)8-9-18(33-2)20(19)25/h3,5-6,8-11,17H,4,7,12H2,1-2H3. The number of ether oxygens (including phenoxy) is 1. The minimum absolute atomic E-state index is 0.0495. The van der Waals surface area contributed by atoms with Crippen LogP contribution in [0.2, 0.25) is 5.02 Å². The molecule has 1 atom stereocenters. The van der Waals surface area contributed by atoms with Crippen LogP contribution in [0.5, 0.6) is 5.75 Å². The van der Waals surface area contributed by atoms with Crippen molar-refractivity contribution in [3.05, 3.63) is 70.6 Å². The predicted molar refractivity (Wildman–Crippen MR) is 120 cm³/mol. The lowest BCUT2D eigenvalue weighted by Gasteiger charge is -2.23. The molecule has 0 N–H and O–H groups in total. The Morgan fingerprint density at radius 1 is 1.24 bits per heavy atom. The molecule has 1 unspecified atom stereocenters. The van der Waals surface area contributed by atoms with Gasteiger partial charge in [0.15, 0.2) is 11.6 Å². The number of hydrogen-bond donors (Lipinski definition) is 0. The lowest BCUT2D eigenvalue weighted by Crippen LogP contribution is -2.32. The summed E-state index contributed by atoms with van der Waals surface area (Å²) in [6, 6.07) is 7.92. The zero-order valence-corrected chi connectivity index (χ0v) is 19.2. The van der Waals surface area contributed by atoms with E-state index in [2.05, 4.69) is 20.3 Å². The van der Waals surface area contributed by atoms with Crippen LogP contribution in [-0.4, -0.2) is 49.6 Å². The van der Waals surface area contributed by atoms with Gasteiger partial charge in [0, 0.05) is 17.1 Å². The average molecular weight is 483 g/mol. The number of hydrogen-bond acceptors (Lipinski definition) is 7. The quantitative estimate of drug-likeness (QED) is 0.415. The van der Waals surface area contributed by atoms with Gasteiger partial charge in [-0.3, -0.25) is 4.79 Å². The minimum atomic E-state index is -0.784. The second-order valence-electron chi connectivity index (χ2n) is 7.82. The van der Waals surface area contributed by atoms with Crippen LogP contribution in [0, 0.1) is 12.7 Å². The first kappa shape index (κ1) is 22.0. The maximum atomic E-state index is 15.4. The molecule has 0 bridgehead atoms. The molecular formula is C23H20ClFN6O3. The molecule has 1 aliphatic heterocycles. The summed E-state index contributed by atoms with van der Waals surface area (Å²) in [5.41, 5.74) is 1.59. The molecule has 0 spiro atoms. The molecule has 4 aromatic rings. The van der Waals surface area contributed by atoms with Gasteiger partial charge in [-0.25, -0.2) is 4.39 Å². The summed E-state index contributed by atoms with van der Waals surface area (Å²) in [4.78, 5) is 20.9. The Morgan fingerprint density at radius 2 is 2.03 bits per heavy atom. The molecule has 1 saturated heterocycles. The van der Waals surface area contributed by atoms with E-state index in [1.807, 2.05) is 19.1 Å². The Labute approximate surface area is 199 Å². The second kappa shape index (κ2) is 8.86. The lowest BCUT2D eigenvalue weighted by molar-refractivity contribution is 0.0704. The van der Waals surface area contributed by atoms with Crippen LogP contribution in [0.4, 0.5) is 4.39 Å². The van der Waals surface area contributed by atoms with E-state index in [4.69, 9.17) is 20.9 Å². The van der Waals surface area contributed by atoms with Crippen LogP contribution in [0.25, 0.3) is 17.1 Å². The van der Waals surface area contributed by atoms with E-state index >= 15 is 4.39 Å². The number of methoxy groups -OCH3 is 1. The smallest absolute Gasteiger partial charge is 0.259 e. The number of carbonyl (C=O) groups is 1. The molecule has 0 saturated carbocycles. The molecule has 9 nitrogen and oxygen atoms in total. The first-order valence-electron chi connectivity index (χ1n) is 10.6. The van der Waals surface area contributed by atoms with E-state index in [1.54, 1.807) is 12.1 Å². The summed E-state index contributed by atoms with van der Waals surface area (Å²) in [6.07, 6.45) is 4.20. The Bertz CT molecular complexity index is 1360. The fourth-order valence-electron chi connectivity index (χ4n) is 4.15. The maximum absolute atomic E-state index is 15.4. The van der Waals surface area contributed by atoms with Crippen LogP contribution in [0.1, 0.15) is 40.7 Å². The molecule has 1 fully saturated rings. The third-order valence-corrected chi connectivity index (χ3v) is 6.31. The highest BCUT2D eigenvalue weighted by Crippen LogP contribution is 2.36. The van der Waals surface area contributed by atoms with Crippen molar-refractivity contribution in [1.82, 2.24) is 30.0 Å². The second-order valence-corrected chi connectivity index (χ2v) is 8.23. The molecule has 0 radical (unpaired) electrons. The first-order chi connectivity index (χ1) is 16.5. The minimum Gasteiger partial charge on any atom is -0.494 e. The van der Waals surface area contributed by atoms with Gasteiger partial charge in [0.1, 0.15) is 17.3 Å². The monoisotopic (exact) mass is 482 g/mol. The van der Waals surface area contributed by atoms with Crippen molar-refractivity contribution in [2.45, 2.75) is 25.8 Å². The van der Waals surface area contributed by atoms with Crippen molar-refractivity contribution >= 4 is 17.5 Å². The van der Waals surface area contributed by atoms with E-state index < -0.39 is 17.8 Å². The number of halogens is 2. The van der Waals surface area contributed by atoms with Gasteiger partial charge in [0.25, 0.3) is 5.91 Å². The summed E-state index contributed by atoms with van der Waals surface area (Å²) >= 11 is 6.23. The Morgan fingerprint density at radius 3 is 2.79 bits per heavy atom. The SMILES string of the molecule is COc1ccc(-n2nccn2)c(C(=O)N2CCCC2c2nc(-c3cccc(Cl)c3C)no2)c1F. The van der Waals surface area contributed by atoms with E-state index in [0.29, 0.717) is 30.2 Å². The third kappa shape index (κ3) is 3.69. The number of benzene rings is 2. The van der Waals surface area contributed by atoms with E-state index in [9.17, 15) is 4.79 Å². The van der Waals surface area contributed by atoms with E-state index in [1.165, 1.54) is 35.3 Å². The number of aromatic nitrogens is 5. The fraction of sp³-hybridized carbons (Fsp3) is 0.261. The summed E-state index contributed by atoms with van der Waals surface area (Å²) in [5.74, 6) is -0.712. The molecule has 0 aliphatic carbocycles. The normalized spacial score (nSPS) is 15.6. The highest BCUT2D eigenvalue weighted by atomic mass is 35.5. The summed E-state index contributed by atoms with van der Waals surface area (Å²) in [7, 11) is 1.34.